The van der Waals surface area contributed by atoms with E-state index in [9.17, 15) is 4.79 Å². The van der Waals surface area contributed by atoms with Crippen molar-refractivity contribution in [3.63, 3.8) is 0 Å². The van der Waals surface area contributed by atoms with E-state index in [-0.39, 0.29) is 18.0 Å². The van der Waals surface area contributed by atoms with E-state index in [4.69, 9.17) is 16.3 Å². The minimum Gasteiger partial charge on any atom is -0.461 e. The van der Waals surface area contributed by atoms with Gasteiger partial charge in [0.1, 0.15) is 6.10 Å². The summed E-state index contributed by atoms with van der Waals surface area (Å²) in [6, 6.07) is 0. The molecule has 58 valence electrons. The van der Waals surface area contributed by atoms with Gasteiger partial charge in [0, 0.05) is 0 Å². The summed E-state index contributed by atoms with van der Waals surface area (Å²) in [6.07, 6.45) is 1.64. The molecule has 3 heteroatoms. The van der Waals surface area contributed by atoms with E-state index in [0.717, 1.165) is 12.8 Å². The SMILES string of the molecule is CCC1CC(CCl)OC1=O. The molecule has 1 fully saturated rings. The van der Waals surface area contributed by atoms with Crippen LogP contribution in [0.15, 0.2) is 0 Å². The molecule has 2 atom stereocenters. The predicted octanol–water partition coefficient (Wildman–Crippen LogP) is 1.57. The molecule has 2 nitrogen and oxygen atoms in total. The van der Waals surface area contributed by atoms with E-state index < -0.39 is 0 Å². The molecule has 1 heterocycles. The molecule has 2 unspecified atom stereocenters. The van der Waals surface area contributed by atoms with Crippen molar-refractivity contribution in [3.8, 4) is 0 Å². The third-order valence-corrected chi connectivity index (χ3v) is 2.17. The molecule has 0 N–H and O–H groups in total. The Balaban J connectivity index is 2.44. The van der Waals surface area contributed by atoms with Crippen LogP contribution in [0.5, 0.6) is 0 Å². The number of alkyl halides is 1. The van der Waals surface area contributed by atoms with Crippen LogP contribution in [0.1, 0.15) is 19.8 Å². The van der Waals surface area contributed by atoms with Crippen LogP contribution < -0.4 is 0 Å². The van der Waals surface area contributed by atoms with Gasteiger partial charge in [0.15, 0.2) is 0 Å². The number of carbonyl (C=O) groups excluding carboxylic acids is 1. The van der Waals surface area contributed by atoms with Crippen molar-refractivity contribution in [2.24, 2.45) is 5.92 Å². The molecule has 0 spiro atoms. The number of carbonyl (C=O) groups is 1. The average molecular weight is 163 g/mol. The second kappa shape index (κ2) is 3.24. The van der Waals surface area contributed by atoms with Crippen LogP contribution in [0, 0.1) is 5.92 Å². The van der Waals surface area contributed by atoms with E-state index in [1.807, 2.05) is 6.92 Å². The van der Waals surface area contributed by atoms with Gasteiger partial charge >= 0.3 is 5.97 Å². The Morgan fingerprint density at radius 3 is 2.80 bits per heavy atom. The monoisotopic (exact) mass is 162 g/mol. The first kappa shape index (κ1) is 7.86. The standard InChI is InChI=1S/C7H11ClO2/c1-2-5-3-6(4-8)10-7(5)9/h5-6H,2-4H2,1H3. The van der Waals surface area contributed by atoms with Gasteiger partial charge in [-0.15, -0.1) is 11.6 Å². The summed E-state index contributed by atoms with van der Waals surface area (Å²) in [5.41, 5.74) is 0. The Morgan fingerprint density at radius 2 is 2.50 bits per heavy atom. The maximum absolute atomic E-state index is 10.9. The zero-order valence-corrected chi connectivity index (χ0v) is 6.73. The molecular formula is C7H11ClO2. The minimum absolute atomic E-state index is 0.0286. The highest BCUT2D eigenvalue weighted by Crippen LogP contribution is 2.24. The summed E-state index contributed by atoms with van der Waals surface area (Å²) in [5, 5.41) is 0. The fraction of sp³-hybridized carbons (Fsp3) is 0.857. The van der Waals surface area contributed by atoms with Crippen LogP contribution in [-0.4, -0.2) is 18.0 Å². The molecule has 0 aromatic rings. The van der Waals surface area contributed by atoms with Crippen LogP contribution in [0.2, 0.25) is 0 Å². The quantitative estimate of drug-likeness (QED) is 0.455. The summed E-state index contributed by atoms with van der Waals surface area (Å²) in [6.45, 7) is 1.99. The number of ether oxygens (including phenoxy) is 1. The van der Waals surface area contributed by atoms with Crippen molar-refractivity contribution < 1.29 is 9.53 Å². The molecule has 0 bridgehead atoms. The Labute approximate surface area is 65.5 Å². The second-order valence-electron chi connectivity index (χ2n) is 2.55. The number of cyclic esters (lactones) is 1. The summed E-state index contributed by atoms with van der Waals surface area (Å²) in [7, 11) is 0. The van der Waals surface area contributed by atoms with Crippen LogP contribution in [-0.2, 0) is 9.53 Å². The second-order valence-corrected chi connectivity index (χ2v) is 2.86. The molecule has 1 aliphatic rings. The number of hydrogen-bond acceptors (Lipinski definition) is 2. The number of rotatable bonds is 2. The van der Waals surface area contributed by atoms with Crippen molar-refractivity contribution in [2.75, 3.05) is 5.88 Å². The smallest absolute Gasteiger partial charge is 0.309 e. The Morgan fingerprint density at radius 1 is 1.80 bits per heavy atom. The lowest BCUT2D eigenvalue weighted by Gasteiger charge is -2.00. The average Bonchev–Trinajstić information content (AvgIpc) is 2.30. The first-order chi connectivity index (χ1) is 4.77. The predicted molar refractivity (Wildman–Crippen MR) is 39.0 cm³/mol. The maximum Gasteiger partial charge on any atom is 0.309 e. The van der Waals surface area contributed by atoms with Crippen molar-refractivity contribution in [1.82, 2.24) is 0 Å². The topological polar surface area (TPSA) is 26.3 Å². The van der Waals surface area contributed by atoms with Crippen LogP contribution >= 0.6 is 11.6 Å². The van der Waals surface area contributed by atoms with Crippen molar-refractivity contribution in [2.45, 2.75) is 25.9 Å². The van der Waals surface area contributed by atoms with Gasteiger partial charge in [0.25, 0.3) is 0 Å². The lowest BCUT2D eigenvalue weighted by atomic mass is 10.0. The summed E-state index contributed by atoms with van der Waals surface area (Å²) in [4.78, 5) is 10.9. The Hall–Kier alpha value is -0.240. The number of esters is 1. The van der Waals surface area contributed by atoms with Gasteiger partial charge in [-0.1, -0.05) is 6.92 Å². The molecule has 1 aliphatic heterocycles. The first-order valence-corrected chi connectivity index (χ1v) is 4.07. The van der Waals surface area contributed by atoms with Gasteiger partial charge in [-0.25, -0.2) is 0 Å². The third-order valence-electron chi connectivity index (χ3n) is 1.83. The first-order valence-electron chi connectivity index (χ1n) is 3.54. The molecule has 0 radical (unpaired) electrons. The van der Waals surface area contributed by atoms with E-state index in [1.54, 1.807) is 0 Å². The molecular weight excluding hydrogens is 152 g/mol. The summed E-state index contributed by atoms with van der Waals surface area (Å²) < 4.78 is 4.94. The molecule has 0 aromatic carbocycles. The molecule has 0 aliphatic carbocycles. The molecule has 1 saturated heterocycles. The van der Waals surface area contributed by atoms with Gasteiger partial charge in [-0.3, -0.25) is 4.79 Å². The van der Waals surface area contributed by atoms with Gasteiger partial charge < -0.3 is 4.74 Å². The zero-order chi connectivity index (χ0) is 7.56. The van der Waals surface area contributed by atoms with Crippen molar-refractivity contribution >= 4 is 17.6 Å². The van der Waals surface area contributed by atoms with Gasteiger partial charge in [-0.05, 0) is 12.8 Å². The Bertz CT molecular complexity index is 136. The van der Waals surface area contributed by atoms with E-state index in [0.29, 0.717) is 5.88 Å². The van der Waals surface area contributed by atoms with Crippen LogP contribution in [0.25, 0.3) is 0 Å². The molecule has 0 amide bonds. The van der Waals surface area contributed by atoms with Gasteiger partial charge in [0.2, 0.25) is 0 Å². The maximum atomic E-state index is 10.9. The summed E-state index contributed by atoms with van der Waals surface area (Å²) >= 11 is 5.52. The fourth-order valence-electron chi connectivity index (χ4n) is 1.15. The normalized spacial score (nSPS) is 32.4. The molecule has 10 heavy (non-hydrogen) atoms. The highest BCUT2D eigenvalue weighted by atomic mass is 35.5. The summed E-state index contributed by atoms with van der Waals surface area (Å²) in [5.74, 6) is 0.458. The molecule has 1 rings (SSSR count). The van der Waals surface area contributed by atoms with Crippen LogP contribution in [0.4, 0.5) is 0 Å². The minimum atomic E-state index is -0.0758. The van der Waals surface area contributed by atoms with E-state index >= 15 is 0 Å². The third kappa shape index (κ3) is 1.43. The highest BCUT2D eigenvalue weighted by Gasteiger charge is 2.31. The number of halogens is 1. The molecule has 0 aromatic heterocycles. The van der Waals surface area contributed by atoms with Gasteiger partial charge in [0.05, 0.1) is 11.8 Å². The Kier molecular flexibility index (Phi) is 2.55. The van der Waals surface area contributed by atoms with E-state index in [1.165, 1.54) is 0 Å². The largest absolute Gasteiger partial charge is 0.461 e. The molecule has 0 saturated carbocycles. The zero-order valence-electron chi connectivity index (χ0n) is 5.97. The van der Waals surface area contributed by atoms with Crippen molar-refractivity contribution in [1.29, 1.82) is 0 Å². The fourth-order valence-corrected chi connectivity index (χ4v) is 1.34. The van der Waals surface area contributed by atoms with E-state index in [2.05, 4.69) is 0 Å². The van der Waals surface area contributed by atoms with Crippen molar-refractivity contribution in [3.05, 3.63) is 0 Å². The van der Waals surface area contributed by atoms with Crippen LogP contribution in [0.3, 0.4) is 0 Å². The lowest BCUT2D eigenvalue weighted by molar-refractivity contribution is -0.143. The number of hydrogen-bond donors (Lipinski definition) is 0. The highest BCUT2D eigenvalue weighted by molar-refractivity contribution is 6.18. The lowest BCUT2D eigenvalue weighted by Crippen LogP contribution is -2.07. The van der Waals surface area contributed by atoms with Gasteiger partial charge in [-0.2, -0.15) is 0 Å².